The number of aromatic nitrogens is 3. The number of rotatable bonds is 4. The molecule has 0 bridgehead atoms. The highest BCUT2D eigenvalue weighted by molar-refractivity contribution is 5.94. The first kappa shape index (κ1) is 17.4. The number of fused-ring (bicyclic) bond motifs is 1. The highest BCUT2D eigenvalue weighted by atomic mass is 16.5. The lowest BCUT2D eigenvalue weighted by molar-refractivity contribution is -0.00710. The average Bonchev–Trinajstić information content (AvgIpc) is 2.89. The van der Waals surface area contributed by atoms with Crippen LogP contribution in [0.2, 0.25) is 0 Å². The van der Waals surface area contributed by atoms with Gasteiger partial charge in [0.15, 0.2) is 0 Å². The maximum Gasteiger partial charge on any atom is 0.270 e. The van der Waals surface area contributed by atoms with Crippen LogP contribution in [-0.4, -0.2) is 40.9 Å². The third kappa shape index (κ3) is 3.37. The van der Waals surface area contributed by atoms with Gasteiger partial charge in [0.05, 0.1) is 35.8 Å². The van der Waals surface area contributed by atoms with Crippen molar-refractivity contribution in [1.29, 1.82) is 0 Å². The minimum absolute atomic E-state index is 0.0781. The van der Waals surface area contributed by atoms with Gasteiger partial charge in [-0.3, -0.25) is 14.5 Å². The maximum absolute atomic E-state index is 12.8. The summed E-state index contributed by atoms with van der Waals surface area (Å²) >= 11 is 0. The monoisotopic (exact) mass is 343 g/mol. The van der Waals surface area contributed by atoms with Crippen LogP contribution in [-0.2, 0) is 24.8 Å². The van der Waals surface area contributed by atoms with Gasteiger partial charge in [0.2, 0.25) is 0 Å². The number of anilines is 1. The molecule has 1 aliphatic heterocycles. The van der Waals surface area contributed by atoms with Gasteiger partial charge in [0, 0.05) is 39.3 Å². The molecule has 0 spiro atoms. The molecule has 1 aliphatic rings. The second-order valence-electron chi connectivity index (χ2n) is 6.68. The van der Waals surface area contributed by atoms with Crippen molar-refractivity contribution >= 4 is 11.6 Å². The molecule has 0 aliphatic carbocycles. The van der Waals surface area contributed by atoms with Crippen LogP contribution in [0.4, 0.5) is 5.69 Å². The van der Waals surface area contributed by atoms with Crippen LogP contribution in [0, 0.1) is 0 Å². The van der Waals surface area contributed by atoms with Gasteiger partial charge in [-0.05, 0) is 26.0 Å². The Hall–Kier alpha value is -2.41. The van der Waals surface area contributed by atoms with Crippen molar-refractivity contribution in [2.75, 3.05) is 19.0 Å². The number of carbonyl (C=O) groups excluding carboxylic acids is 1. The van der Waals surface area contributed by atoms with Gasteiger partial charge in [0.25, 0.3) is 5.91 Å². The third-order valence-electron chi connectivity index (χ3n) is 4.47. The van der Waals surface area contributed by atoms with Crippen molar-refractivity contribution < 1.29 is 9.53 Å². The van der Waals surface area contributed by atoms with E-state index >= 15 is 0 Å². The Bertz CT molecular complexity index is 784. The zero-order valence-electron chi connectivity index (χ0n) is 15.4. The Balaban J connectivity index is 1.82. The number of amides is 1. The van der Waals surface area contributed by atoms with Gasteiger partial charge >= 0.3 is 0 Å². The lowest BCUT2D eigenvalue weighted by Crippen LogP contribution is -2.29. The summed E-state index contributed by atoms with van der Waals surface area (Å²) in [5.74, 6) is -0.132. The molecular weight excluding hydrogens is 318 g/mol. The lowest BCUT2D eigenvalue weighted by atomic mass is 9.99. The number of nitrogens with one attached hydrogen (secondary N) is 1. The molecule has 0 fully saturated rings. The summed E-state index contributed by atoms with van der Waals surface area (Å²) in [4.78, 5) is 19.2. The number of hydrogen-bond acceptors (Lipinski definition) is 5. The topological polar surface area (TPSA) is 72.3 Å². The van der Waals surface area contributed by atoms with Crippen LogP contribution in [0.25, 0.3) is 0 Å². The predicted octanol–water partition coefficient (Wildman–Crippen LogP) is 1.83. The molecule has 0 aromatic carbocycles. The lowest BCUT2D eigenvalue weighted by Gasteiger charge is -2.24. The van der Waals surface area contributed by atoms with Crippen molar-refractivity contribution in [3.05, 3.63) is 41.0 Å². The van der Waals surface area contributed by atoms with Crippen LogP contribution >= 0.6 is 0 Å². The van der Waals surface area contributed by atoms with E-state index in [0.29, 0.717) is 18.7 Å². The Morgan fingerprint density at radius 2 is 2.20 bits per heavy atom. The zero-order valence-corrected chi connectivity index (χ0v) is 15.4. The summed E-state index contributed by atoms with van der Waals surface area (Å²) in [6.45, 7) is 4.36. The van der Waals surface area contributed by atoms with Crippen molar-refractivity contribution in [3.8, 4) is 0 Å². The van der Waals surface area contributed by atoms with E-state index in [4.69, 9.17) is 4.74 Å². The number of ether oxygens (including phenoxy) is 1. The second kappa shape index (κ2) is 6.84. The van der Waals surface area contributed by atoms with Crippen LogP contribution in [0.1, 0.15) is 47.4 Å². The van der Waals surface area contributed by atoms with Crippen molar-refractivity contribution in [1.82, 2.24) is 20.1 Å². The maximum atomic E-state index is 12.8. The molecule has 3 rings (SSSR count). The van der Waals surface area contributed by atoms with Gasteiger partial charge in [-0.15, -0.1) is 0 Å². The number of pyridine rings is 1. The minimum Gasteiger partial charge on any atom is -0.376 e. The number of aryl methyl sites for hydroxylation is 1. The SMILES string of the molecule is C[C@@H]1Cc2c(nn(C)c2C(=O)NCc2ncccc2N(C)C)[C@H](C)O1. The fourth-order valence-corrected chi connectivity index (χ4v) is 3.37. The molecule has 25 heavy (non-hydrogen) atoms. The second-order valence-corrected chi connectivity index (χ2v) is 6.68. The van der Waals surface area contributed by atoms with Crippen LogP contribution < -0.4 is 10.2 Å². The molecule has 3 heterocycles. The van der Waals surface area contributed by atoms with E-state index in [-0.39, 0.29) is 18.1 Å². The quantitative estimate of drug-likeness (QED) is 0.917. The van der Waals surface area contributed by atoms with Crippen LogP contribution in [0.15, 0.2) is 18.3 Å². The Morgan fingerprint density at radius 1 is 1.44 bits per heavy atom. The first-order valence-electron chi connectivity index (χ1n) is 8.49. The Morgan fingerprint density at radius 3 is 2.92 bits per heavy atom. The first-order chi connectivity index (χ1) is 11.9. The molecule has 0 unspecified atom stereocenters. The van der Waals surface area contributed by atoms with Crippen molar-refractivity contribution in [3.63, 3.8) is 0 Å². The minimum atomic E-state index is -0.132. The summed E-state index contributed by atoms with van der Waals surface area (Å²) in [5, 5.41) is 7.48. The Kier molecular flexibility index (Phi) is 4.76. The van der Waals surface area contributed by atoms with Gasteiger partial charge in [0.1, 0.15) is 5.69 Å². The molecule has 0 radical (unpaired) electrons. The molecule has 2 atom stereocenters. The van der Waals surface area contributed by atoms with Gasteiger partial charge in [-0.25, -0.2) is 0 Å². The van der Waals surface area contributed by atoms with E-state index in [0.717, 1.165) is 22.6 Å². The molecule has 0 saturated carbocycles. The van der Waals surface area contributed by atoms with Gasteiger partial charge in [-0.2, -0.15) is 5.10 Å². The van der Waals surface area contributed by atoms with Crippen LogP contribution in [0.5, 0.6) is 0 Å². The number of nitrogens with zero attached hydrogens (tertiary/aromatic N) is 4. The first-order valence-corrected chi connectivity index (χ1v) is 8.49. The zero-order chi connectivity index (χ0) is 18.1. The molecule has 0 saturated heterocycles. The molecule has 7 nitrogen and oxygen atoms in total. The standard InChI is InChI=1S/C18H25N5O2/c1-11-9-13-16(12(2)25-11)21-23(5)17(13)18(24)20-10-14-15(22(3)4)7-6-8-19-14/h6-8,11-12H,9-10H2,1-5H3,(H,20,24)/t11-,12+/m1/s1. The normalized spacial score (nSPS) is 19.4. The summed E-state index contributed by atoms with van der Waals surface area (Å²) in [7, 11) is 5.72. The fraction of sp³-hybridized carbons (Fsp3) is 0.500. The van der Waals surface area contributed by atoms with Crippen molar-refractivity contribution in [2.45, 2.75) is 39.0 Å². The molecule has 7 heteroatoms. The van der Waals surface area contributed by atoms with E-state index in [1.165, 1.54) is 0 Å². The van der Waals surface area contributed by atoms with Gasteiger partial charge in [-0.1, -0.05) is 0 Å². The van der Waals surface area contributed by atoms with E-state index in [9.17, 15) is 4.79 Å². The molecular formula is C18H25N5O2. The van der Waals surface area contributed by atoms with Crippen LogP contribution in [0.3, 0.4) is 0 Å². The molecule has 2 aromatic heterocycles. The number of carbonyl (C=O) groups is 1. The summed E-state index contributed by atoms with van der Waals surface area (Å²) < 4.78 is 7.46. The molecule has 134 valence electrons. The predicted molar refractivity (Wildman–Crippen MR) is 95.6 cm³/mol. The average molecular weight is 343 g/mol. The fourth-order valence-electron chi connectivity index (χ4n) is 3.37. The Labute approximate surface area is 148 Å². The van der Waals surface area contributed by atoms with Crippen molar-refractivity contribution in [2.24, 2.45) is 7.05 Å². The number of hydrogen-bond donors (Lipinski definition) is 1. The summed E-state index contributed by atoms with van der Waals surface area (Å²) in [6, 6.07) is 3.88. The highest BCUT2D eigenvalue weighted by Gasteiger charge is 2.31. The third-order valence-corrected chi connectivity index (χ3v) is 4.47. The molecule has 2 aromatic rings. The molecule has 1 N–H and O–H groups in total. The van der Waals surface area contributed by atoms with E-state index < -0.39 is 0 Å². The van der Waals surface area contributed by atoms with E-state index in [1.807, 2.05) is 45.0 Å². The van der Waals surface area contributed by atoms with E-state index in [1.54, 1.807) is 17.9 Å². The largest absolute Gasteiger partial charge is 0.376 e. The highest BCUT2D eigenvalue weighted by Crippen LogP contribution is 2.31. The summed E-state index contributed by atoms with van der Waals surface area (Å²) in [5.41, 5.74) is 4.28. The summed E-state index contributed by atoms with van der Waals surface area (Å²) in [6.07, 6.45) is 2.42. The van der Waals surface area contributed by atoms with Gasteiger partial charge < -0.3 is 15.0 Å². The molecule has 1 amide bonds. The van der Waals surface area contributed by atoms with E-state index in [2.05, 4.69) is 15.4 Å². The smallest absolute Gasteiger partial charge is 0.270 e.